The molecule has 1 aromatic heterocycles. The van der Waals surface area contributed by atoms with Gasteiger partial charge < -0.3 is 20.1 Å². The molecule has 3 heterocycles. The highest BCUT2D eigenvalue weighted by molar-refractivity contribution is 5.97. The first-order valence-electron chi connectivity index (χ1n) is 9.42. The maximum Gasteiger partial charge on any atom is 0.341 e. The summed E-state index contributed by atoms with van der Waals surface area (Å²) in [4.78, 5) is 25.7. The topological polar surface area (TPSA) is 87.0 Å². The van der Waals surface area contributed by atoms with Gasteiger partial charge in [-0.25, -0.2) is 13.6 Å². The second-order valence-electron chi connectivity index (χ2n) is 7.37. The number of aromatic carboxylic acids is 1. The van der Waals surface area contributed by atoms with Crippen LogP contribution in [0.1, 0.15) is 17.3 Å². The summed E-state index contributed by atoms with van der Waals surface area (Å²) < 4.78 is 36.8. The zero-order valence-corrected chi connectivity index (χ0v) is 16.1. The first-order chi connectivity index (χ1) is 13.8. The van der Waals surface area contributed by atoms with Crippen LogP contribution in [-0.4, -0.2) is 61.9 Å². The van der Waals surface area contributed by atoms with Gasteiger partial charge in [-0.05, 0) is 12.6 Å². The normalized spacial score (nSPS) is 21.0. The van der Waals surface area contributed by atoms with Crippen LogP contribution >= 0.6 is 0 Å². The molecule has 1 aromatic carbocycles. The molecule has 29 heavy (non-hydrogen) atoms. The van der Waals surface area contributed by atoms with E-state index in [0.29, 0.717) is 19.6 Å². The minimum atomic E-state index is -1.39. The van der Waals surface area contributed by atoms with Gasteiger partial charge in [0.25, 0.3) is 0 Å². The summed E-state index contributed by atoms with van der Waals surface area (Å²) in [5.41, 5.74) is -0.872. The van der Waals surface area contributed by atoms with Crippen molar-refractivity contribution in [1.82, 2.24) is 9.99 Å². The summed E-state index contributed by atoms with van der Waals surface area (Å²) >= 11 is 0. The lowest BCUT2D eigenvalue weighted by Gasteiger charge is -2.33. The van der Waals surface area contributed by atoms with Gasteiger partial charge in [0.15, 0.2) is 18.3 Å². The van der Waals surface area contributed by atoms with Crippen molar-refractivity contribution in [3.8, 4) is 5.75 Å². The van der Waals surface area contributed by atoms with E-state index < -0.39 is 29.0 Å². The Morgan fingerprint density at radius 1 is 1.41 bits per heavy atom. The molecule has 156 valence electrons. The Hall–Kier alpha value is -2.88. The van der Waals surface area contributed by atoms with Crippen molar-refractivity contribution < 1.29 is 23.4 Å². The smallest absolute Gasteiger partial charge is 0.341 e. The summed E-state index contributed by atoms with van der Waals surface area (Å²) in [5, 5.41) is 13.9. The maximum absolute atomic E-state index is 15.1. The van der Waals surface area contributed by atoms with Crippen molar-refractivity contribution >= 4 is 22.6 Å². The van der Waals surface area contributed by atoms with E-state index in [-0.39, 0.29) is 41.5 Å². The molecule has 0 radical (unpaired) electrons. The molecule has 0 saturated carbocycles. The first kappa shape index (κ1) is 19.4. The molecular weight excluding hydrogens is 386 g/mol. The number of hydrogen-bond acceptors (Lipinski definition) is 6. The summed E-state index contributed by atoms with van der Waals surface area (Å²) in [7, 11) is 1.65. The average Bonchev–Trinajstić information content (AvgIpc) is 3.04. The van der Waals surface area contributed by atoms with Crippen LogP contribution in [0.15, 0.2) is 17.1 Å². The quantitative estimate of drug-likeness (QED) is 0.767. The van der Waals surface area contributed by atoms with Crippen molar-refractivity contribution in [1.29, 1.82) is 0 Å². The average molecular weight is 408 g/mol. The molecule has 2 aliphatic rings. The largest absolute Gasteiger partial charge is 0.477 e. The van der Waals surface area contributed by atoms with Gasteiger partial charge in [0.05, 0.1) is 5.39 Å². The summed E-state index contributed by atoms with van der Waals surface area (Å²) in [6, 6.07) is 1.02. The standard InChI is InChI=1S/C19H22F2N4O4/c1-3-22-5-10-6-24(8-14(10)21)16-13(20)4-11-15-18(16)29-9-23(2)25(15)7-12(17(11)26)19(27)28/h4,7,10,14,22H,3,5-6,8-9H2,1-2H3,(H,27,28). The lowest BCUT2D eigenvalue weighted by molar-refractivity contribution is 0.0694. The third kappa shape index (κ3) is 3.07. The van der Waals surface area contributed by atoms with E-state index >= 15 is 4.39 Å². The maximum atomic E-state index is 15.1. The Balaban J connectivity index is 1.88. The van der Waals surface area contributed by atoms with Crippen molar-refractivity contribution in [2.75, 3.05) is 49.9 Å². The van der Waals surface area contributed by atoms with Gasteiger partial charge in [-0.1, -0.05) is 6.92 Å². The monoisotopic (exact) mass is 408 g/mol. The molecular formula is C19H22F2N4O4. The number of benzene rings is 1. The fourth-order valence-electron chi connectivity index (χ4n) is 4.01. The molecule has 2 aromatic rings. The van der Waals surface area contributed by atoms with Crippen molar-refractivity contribution in [3.63, 3.8) is 0 Å². The zero-order valence-electron chi connectivity index (χ0n) is 16.1. The second kappa shape index (κ2) is 7.18. The van der Waals surface area contributed by atoms with Gasteiger partial charge in [0.1, 0.15) is 22.9 Å². The number of hydrogen-bond donors (Lipinski definition) is 2. The Labute approximate surface area is 165 Å². The molecule has 0 spiro atoms. The molecule has 2 unspecified atom stereocenters. The number of aromatic nitrogens is 1. The molecule has 1 saturated heterocycles. The second-order valence-corrected chi connectivity index (χ2v) is 7.37. The van der Waals surface area contributed by atoms with Gasteiger partial charge in [-0.2, -0.15) is 0 Å². The third-order valence-corrected chi connectivity index (χ3v) is 5.48. The molecule has 1 fully saturated rings. The SMILES string of the molecule is CCNCC1CN(c2c(F)cc3c(=O)c(C(=O)O)cn4c3c2OCN4C)CC1F. The molecule has 4 rings (SSSR count). The number of nitrogens with zero attached hydrogens (tertiary/aromatic N) is 3. The number of alkyl halides is 1. The molecule has 2 atom stereocenters. The van der Waals surface area contributed by atoms with Gasteiger partial charge in [0.2, 0.25) is 5.43 Å². The van der Waals surface area contributed by atoms with Crippen molar-refractivity contribution in [3.05, 3.63) is 33.9 Å². The number of pyridine rings is 1. The van der Waals surface area contributed by atoms with E-state index in [1.54, 1.807) is 17.0 Å². The lowest BCUT2D eigenvalue weighted by atomic mass is 10.1. The predicted octanol–water partition coefficient (Wildman–Crippen LogP) is 1.14. The number of carboxylic acids is 1. The number of ether oxygens (including phenoxy) is 1. The highest BCUT2D eigenvalue weighted by Crippen LogP contribution is 2.42. The van der Waals surface area contributed by atoms with Crippen LogP contribution in [-0.2, 0) is 0 Å². The van der Waals surface area contributed by atoms with Crippen LogP contribution in [0.3, 0.4) is 0 Å². The molecule has 2 N–H and O–H groups in total. The number of nitrogens with one attached hydrogen (secondary N) is 1. The summed E-state index contributed by atoms with van der Waals surface area (Å²) in [6.07, 6.45) is 0.0792. The highest BCUT2D eigenvalue weighted by atomic mass is 19.1. The molecule has 10 heteroatoms. The minimum absolute atomic E-state index is 0.0160. The van der Waals surface area contributed by atoms with E-state index in [4.69, 9.17) is 4.74 Å². The molecule has 0 aliphatic carbocycles. The lowest BCUT2D eigenvalue weighted by Crippen LogP contribution is -2.40. The van der Waals surface area contributed by atoms with Crippen LogP contribution in [0.2, 0.25) is 0 Å². The van der Waals surface area contributed by atoms with E-state index in [2.05, 4.69) is 5.32 Å². The van der Waals surface area contributed by atoms with Gasteiger partial charge in [0, 0.05) is 38.8 Å². The predicted molar refractivity (Wildman–Crippen MR) is 104 cm³/mol. The molecule has 8 nitrogen and oxygen atoms in total. The number of carbonyl (C=O) groups is 1. The van der Waals surface area contributed by atoms with Crippen LogP contribution in [0.25, 0.3) is 10.9 Å². The number of carboxylic acid groups (broad SMARTS) is 1. The van der Waals surface area contributed by atoms with Crippen molar-refractivity contribution in [2.45, 2.75) is 13.1 Å². The zero-order chi connectivity index (χ0) is 20.9. The number of halogens is 2. The Morgan fingerprint density at radius 3 is 2.86 bits per heavy atom. The van der Waals surface area contributed by atoms with Crippen LogP contribution in [0, 0.1) is 11.7 Å². The summed E-state index contributed by atoms with van der Waals surface area (Å²) in [6.45, 7) is 3.47. The summed E-state index contributed by atoms with van der Waals surface area (Å²) in [5.74, 6) is -2.29. The van der Waals surface area contributed by atoms with Gasteiger partial charge in [-0.15, -0.1) is 0 Å². The minimum Gasteiger partial charge on any atom is -0.477 e. The van der Waals surface area contributed by atoms with Crippen LogP contribution in [0.4, 0.5) is 14.5 Å². The van der Waals surface area contributed by atoms with Gasteiger partial charge in [-0.3, -0.25) is 14.5 Å². The fourth-order valence-corrected chi connectivity index (χ4v) is 4.01. The first-order valence-corrected chi connectivity index (χ1v) is 9.42. The Morgan fingerprint density at radius 2 is 2.17 bits per heavy atom. The molecule has 0 bridgehead atoms. The molecule has 0 amide bonds. The molecule has 2 aliphatic heterocycles. The van der Waals surface area contributed by atoms with Crippen molar-refractivity contribution in [2.24, 2.45) is 5.92 Å². The van der Waals surface area contributed by atoms with Gasteiger partial charge >= 0.3 is 5.97 Å². The Kier molecular flexibility index (Phi) is 4.81. The van der Waals surface area contributed by atoms with E-state index in [9.17, 15) is 19.1 Å². The number of anilines is 1. The van der Waals surface area contributed by atoms with E-state index in [0.717, 1.165) is 6.07 Å². The number of rotatable bonds is 5. The van der Waals surface area contributed by atoms with E-state index in [1.807, 2.05) is 6.92 Å². The third-order valence-electron chi connectivity index (χ3n) is 5.48. The van der Waals surface area contributed by atoms with E-state index in [1.165, 1.54) is 10.9 Å². The highest BCUT2D eigenvalue weighted by Gasteiger charge is 2.37. The Bertz CT molecular complexity index is 1040. The fraction of sp³-hybridized carbons (Fsp3) is 0.474. The van der Waals surface area contributed by atoms with Crippen LogP contribution < -0.4 is 25.4 Å². The van der Waals surface area contributed by atoms with Crippen LogP contribution in [0.5, 0.6) is 5.75 Å².